The largest absolute Gasteiger partial charge is 0.508 e. The SMILES string of the molecule is CCCCCCCCC(CCCCCC)OC(=O)OCCCCCCN(CCCCCCOC(=O)N(CCCCCC)CCCCCCCC)CCCCCN1CC1. The average Bonchev–Trinajstić information content (AvgIpc) is 4.06. The molecule has 0 radical (unpaired) electrons. The molecule has 0 spiro atoms. The summed E-state index contributed by atoms with van der Waals surface area (Å²) in [5.41, 5.74) is 0. The van der Waals surface area contributed by atoms with Gasteiger partial charge in [0.2, 0.25) is 0 Å². The molecule has 0 N–H and O–H groups in total. The van der Waals surface area contributed by atoms with Gasteiger partial charge in [-0.2, -0.15) is 0 Å². The van der Waals surface area contributed by atoms with E-state index in [9.17, 15) is 9.59 Å². The van der Waals surface area contributed by atoms with Crippen LogP contribution in [-0.2, 0) is 14.2 Å². The summed E-state index contributed by atoms with van der Waals surface area (Å²) in [6, 6.07) is 0. The van der Waals surface area contributed by atoms with Gasteiger partial charge < -0.3 is 28.9 Å². The van der Waals surface area contributed by atoms with Crippen LogP contribution in [0.4, 0.5) is 9.59 Å². The lowest BCUT2D eigenvalue weighted by Crippen LogP contribution is -2.33. The first-order valence-electron chi connectivity index (χ1n) is 25.7. The van der Waals surface area contributed by atoms with Gasteiger partial charge in [-0.25, -0.2) is 9.59 Å². The number of ether oxygens (including phenoxy) is 3. The average molecular weight is 822 g/mol. The first-order chi connectivity index (χ1) is 28.5. The highest BCUT2D eigenvalue weighted by molar-refractivity contribution is 5.67. The minimum Gasteiger partial charge on any atom is -0.449 e. The van der Waals surface area contributed by atoms with E-state index in [1.165, 1.54) is 174 Å². The van der Waals surface area contributed by atoms with Crippen LogP contribution < -0.4 is 0 Å². The molecule has 1 rings (SSSR count). The van der Waals surface area contributed by atoms with Gasteiger partial charge in [-0.15, -0.1) is 0 Å². The normalized spacial score (nSPS) is 13.3. The van der Waals surface area contributed by atoms with Crippen LogP contribution in [0.2, 0.25) is 0 Å². The summed E-state index contributed by atoms with van der Waals surface area (Å²) in [6.45, 7) is 19.0. The molecule has 1 amide bonds. The Labute approximate surface area is 361 Å². The summed E-state index contributed by atoms with van der Waals surface area (Å²) in [5.74, 6) is 0. The molecule has 8 nitrogen and oxygen atoms in total. The molecule has 0 bridgehead atoms. The summed E-state index contributed by atoms with van der Waals surface area (Å²) in [5, 5.41) is 0. The van der Waals surface area contributed by atoms with E-state index in [-0.39, 0.29) is 12.2 Å². The van der Waals surface area contributed by atoms with E-state index in [1.54, 1.807) is 0 Å². The summed E-state index contributed by atoms with van der Waals surface area (Å²) < 4.78 is 17.2. The van der Waals surface area contributed by atoms with Crippen LogP contribution >= 0.6 is 0 Å². The van der Waals surface area contributed by atoms with Crippen LogP contribution in [0.3, 0.4) is 0 Å². The second kappa shape index (κ2) is 42.2. The zero-order chi connectivity index (χ0) is 42.0. The third-order valence-electron chi connectivity index (χ3n) is 12.0. The Bertz CT molecular complexity index is 887. The van der Waals surface area contributed by atoms with Crippen molar-refractivity contribution in [2.75, 3.05) is 65.6 Å². The molecular formula is C50H99N3O5. The fraction of sp³-hybridized carbons (Fsp3) is 0.960. The zero-order valence-corrected chi connectivity index (χ0v) is 39.4. The van der Waals surface area contributed by atoms with Gasteiger partial charge in [0.15, 0.2) is 0 Å². The monoisotopic (exact) mass is 822 g/mol. The molecule has 0 aromatic rings. The topological polar surface area (TPSA) is 71.3 Å². The van der Waals surface area contributed by atoms with Crippen LogP contribution in [0.5, 0.6) is 0 Å². The van der Waals surface area contributed by atoms with Crippen molar-refractivity contribution < 1.29 is 23.8 Å². The highest BCUT2D eigenvalue weighted by Gasteiger charge is 2.17. The van der Waals surface area contributed by atoms with Crippen molar-refractivity contribution >= 4 is 12.2 Å². The number of amides is 1. The fourth-order valence-electron chi connectivity index (χ4n) is 7.96. The van der Waals surface area contributed by atoms with Gasteiger partial charge in [-0.1, -0.05) is 163 Å². The van der Waals surface area contributed by atoms with Gasteiger partial charge in [0, 0.05) is 26.2 Å². The molecule has 1 atom stereocenters. The van der Waals surface area contributed by atoms with Gasteiger partial charge in [-0.3, -0.25) is 0 Å². The lowest BCUT2D eigenvalue weighted by Gasteiger charge is -2.23. The molecule has 0 aliphatic carbocycles. The maximum atomic E-state index is 13.0. The van der Waals surface area contributed by atoms with E-state index >= 15 is 0 Å². The molecule has 8 heteroatoms. The van der Waals surface area contributed by atoms with Crippen molar-refractivity contribution in [1.29, 1.82) is 0 Å². The molecular weight excluding hydrogens is 723 g/mol. The van der Waals surface area contributed by atoms with Crippen molar-refractivity contribution in [1.82, 2.24) is 14.7 Å². The molecule has 0 aromatic carbocycles. The minimum atomic E-state index is -0.461. The van der Waals surface area contributed by atoms with E-state index in [0.29, 0.717) is 13.2 Å². The second-order valence-corrected chi connectivity index (χ2v) is 17.7. The number of carbonyl (C=O) groups is 2. The predicted octanol–water partition coefficient (Wildman–Crippen LogP) is 14.5. The molecule has 1 aliphatic rings. The Balaban J connectivity index is 2.32. The Morgan fingerprint density at radius 2 is 0.828 bits per heavy atom. The Hall–Kier alpha value is -1.54. The summed E-state index contributed by atoms with van der Waals surface area (Å²) in [4.78, 5) is 32.7. The van der Waals surface area contributed by atoms with Gasteiger partial charge in [0.05, 0.1) is 13.2 Å². The van der Waals surface area contributed by atoms with Crippen molar-refractivity contribution in [2.45, 2.75) is 246 Å². The van der Waals surface area contributed by atoms with Gasteiger partial charge in [-0.05, 0) is 103 Å². The van der Waals surface area contributed by atoms with Crippen molar-refractivity contribution in [3.05, 3.63) is 0 Å². The van der Waals surface area contributed by atoms with Crippen molar-refractivity contribution in [2.24, 2.45) is 0 Å². The van der Waals surface area contributed by atoms with Crippen LogP contribution in [0.15, 0.2) is 0 Å². The predicted molar refractivity (Wildman–Crippen MR) is 247 cm³/mol. The standard InChI is InChI=1S/C50H99N3O5/c1-5-9-13-17-19-27-37-48(36-26-15-11-7-3)58-50(55)57-47-35-24-22-29-39-51(40-30-25-31-41-52-44-45-52)38-28-21-23-34-46-56-49(54)53(42-32-16-12-8-4)43-33-20-18-14-10-6-2/h48H,5-47H2,1-4H3. The van der Waals surface area contributed by atoms with Gasteiger partial charge >= 0.3 is 12.2 Å². The van der Waals surface area contributed by atoms with Crippen molar-refractivity contribution in [3.63, 3.8) is 0 Å². The third kappa shape index (κ3) is 36.3. The number of nitrogens with zero attached hydrogens (tertiary/aromatic N) is 3. The van der Waals surface area contributed by atoms with E-state index < -0.39 is 6.16 Å². The van der Waals surface area contributed by atoms with Crippen LogP contribution in [0.25, 0.3) is 0 Å². The van der Waals surface area contributed by atoms with E-state index in [4.69, 9.17) is 14.2 Å². The summed E-state index contributed by atoms with van der Waals surface area (Å²) >= 11 is 0. The van der Waals surface area contributed by atoms with Crippen LogP contribution in [0.1, 0.15) is 240 Å². The van der Waals surface area contributed by atoms with Gasteiger partial charge in [0.1, 0.15) is 6.10 Å². The lowest BCUT2D eigenvalue weighted by atomic mass is 10.0. The molecule has 1 aliphatic heterocycles. The second-order valence-electron chi connectivity index (χ2n) is 17.7. The quantitative estimate of drug-likeness (QED) is 0.0344. The minimum absolute atomic E-state index is 0.00525. The van der Waals surface area contributed by atoms with E-state index in [0.717, 1.165) is 90.4 Å². The highest BCUT2D eigenvalue weighted by Crippen LogP contribution is 2.18. The Kier molecular flexibility index (Phi) is 39.6. The Morgan fingerprint density at radius 1 is 0.448 bits per heavy atom. The first-order valence-corrected chi connectivity index (χ1v) is 25.7. The van der Waals surface area contributed by atoms with E-state index in [2.05, 4.69) is 37.5 Å². The van der Waals surface area contributed by atoms with Crippen LogP contribution in [-0.4, -0.2) is 98.6 Å². The lowest BCUT2D eigenvalue weighted by molar-refractivity contribution is 0.0154. The van der Waals surface area contributed by atoms with E-state index in [1.807, 2.05) is 4.90 Å². The number of hydrogen-bond acceptors (Lipinski definition) is 7. The number of unbranched alkanes of at least 4 members (excludes halogenated alkanes) is 24. The molecule has 1 heterocycles. The fourth-order valence-corrected chi connectivity index (χ4v) is 7.96. The Morgan fingerprint density at radius 3 is 1.33 bits per heavy atom. The maximum absolute atomic E-state index is 13.0. The zero-order valence-electron chi connectivity index (χ0n) is 39.4. The van der Waals surface area contributed by atoms with Crippen LogP contribution in [0, 0.1) is 0 Å². The number of hydrogen-bond donors (Lipinski definition) is 0. The first kappa shape index (κ1) is 54.5. The molecule has 344 valence electrons. The third-order valence-corrected chi connectivity index (χ3v) is 12.0. The maximum Gasteiger partial charge on any atom is 0.508 e. The molecule has 58 heavy (non-hydrogen) atoms. The summed E-state index contributed by atoms with van der Waals surface area (Å²) in [7, 11) is 0. The number of rotatable bonds is 45. The number of carbonyl (C=O) groups excluding carboxylic acids is 2. The molecule has 0 saturated carbocycles. The highest BCUT2D eigenvalue weighted by atomic mass is 16.7. The van der Waals surface area contributed by atoms with Crippen molar-refractivity contribution in [3.8, 4) is 0 Å². The molecule has 1 fully saturated rings. The molecule has 0 aromatic heterocycles. The molecule has 1 saturated heterocycles. The van der Waals surface area contributed by atoms with Gasteiger partial charge in [0.25, 0.3) is 0 Å². The smallest absolute Gasteiger partial charge is 0.449 e. The summed E-state index contributed by atoms with van der Waals surface area (Å²) in [6.07, 6.45) is 38.7. The molecule has 1 unspecified atom stereocenters.